The number of carbonyl (C=O) groups excluding carboxylic acids is 2. The van der Waals surface area contributed by atoms with Gasteiger partial charge in [-0.1, -0.05) is 0 Å². The van der Waals surface area contributed by atoms with Crippen molar-refractivity contribution >= 4 is 11.8 Å². The lowest BCUT2D eigenvalue weighted by Crippen LogP contribution is -2.41. The predicted octanol–water partition coefficient (Wildman–Crippen LogP) is -1.19. The molecular weight excluding hydrogens is 170 g/mol. The molecule has 1 fully saturated rings. The number of nitrogens with two attached hydrogens (primary N) is 2. The van der Waals surface area contributed by atoms with Crippen LogP contribution >= 0.6 is 0 Å². The third-order valence-electron chi connectivity index (χ3n) is 2.34. The van der Waals surface area contributed by atoms with Gasteiger partial charge in [-0.3, -0.25) is 14.5 Å². The maximum atomic E-state index is 10.9. The highest BCUT2D eigenvalue weighted by Crippen LogP contribution is 2.16. The van der Waals surface area contributed by atoms with E-state index < -0.39 is 0 Å². The smallest absolute Gasteiger partial charge is 0.234 e. The van der Waals surface area contributed by atoms with Gasteiger partial charge in [-0.15, -0.1) is 0 Å². The summed E-state index contributed by atoms with van der Waals surface area (Å²) in [4.78, 5) is 23.4. The summed E-state index contributed by atoms with van der Waals surface area (Å²) < 4.78 is 0. The first kappa shape index (κ1) is 9.98. The van der Waals surface area contributed by atoms with Crippen LogP contribution in [-0.2, 0) is 9.59 Å². The van der Waals surface area contributed by atoms with Gasteiger partial charge in [-0.2, -0.15) is 0 Å². The number of likely N-dealkylation sites (tertiary alicyclic amines) is 1. The Balaban J connectivity index is 2.39. The number of primary amides is 2. The number of amides is 2. The van der Waals surface area contributed by atoms with E-state index in [2.05, 4.69) is 0 Å². The van der Waals surface area contributed by atoms with Crippen molar-refractivity contribution in [1.29, 1.82) is 0 Å². The highest BCUT2D eigenvalue weighted by Gasteiger charge is 2.28. The molecule has 0 radical (unpaired) electrons. The number of nitrogens with zero attached hydrogens (tertiary/aromatic N) is 1. The Labute approximate surface area is 77.1 Å². The molecule has 5 nitrogen and oxygen atoms in total. The van der Waals surface area contributed by atoms with E-state index in [1.807, 2.05) is 4.90 Å². The SMILES string of the molecule is NC(=O)CCN1CCC[C@H]1C(N)=O. The zero-order valence-electron chi connectivity index (χ0n) is 7.53. The van der Waals surface area contributed by atoms with Crippen LogP contribution < -0.4 is 11.5 Å². The number of hydrogen-bond donors (Lipinski definition) is 2. The Morgan fingerprint density at radius 1 is 1.38 bits per heavy atom. The second kappa shape index (κ2) is 4.23. The minimum atomic E-state index is -0.338. The number of hydrogen-bond acceptors (Lipinski definition) is 3. The minimum absolute atomic E-state index is 0.195. The second-order valence-corrected chi connectivity index (χ2v) is 3.31. The van der Waals surface area contributed by atoms with Crippen molar-refractivity contribution in [2.45, 2.75) is 25.3 Å². The van der Waals surface area contributed by atoms with Crippen molar-refractivity contribution in [2.24, 2.45) is 11.5 Å². The maximum absolute atomic E-state index is 10.9. The van der Waals surface area contributed by atoms with Crippen LogP contribution in [-0.4, -0.2) is 35.8 Å². The molecule has 0 spiro atoms. The predicted molar refractivity (Wildman–Crippen MR) is 47.6 cm³/mol. The maximum Gasteiger partial charge on any atom is 0.234 e. The summed E-state index contributed by atoms with van der Waals surface area (Å²) in [5, 5.41) is 0. The van der Waals surface area contributed by atoms with Gasteiger partial charge < -0.3 is 11.5 Å². The minimum Gasteiger partial charge on any atom is -0.370 e. The van der Waals surface area contributed by atoms with E-state index in [1.54, 1.807) is 0 Å². The lowest BCUT2D eigenvalue weighted by Gasteiger charge is -2.20. The standard InChI is InChI=1S/C8H15N3O2/c9-7(12)3-5-11-4-1-2-6(11)8(10)13/h6H,1-5H2,(H2,9,12)(H2,10,13)/t6-/m0/s1. The molecule has 2 amide bonds. The fourth-order valence-electron chi connectivity index (χ4n) is 1.67. The quantitative estimate of drug-likeness (QED) is 0.577. The van der Waals surface area contributed by atoms with Crippen molar-refractivity contribution in [1.82, 2.24) is 4.90 Å². The van der Waals surface area contributed by atoms with E-state index in [1.165, 1.54) is 0 Å². The Morgan fingerprint density at radius 2 is 2.08 bits per heavy atom. The van der Waals surface area contributed by atoms with E-state index in [0.717, 1.165) is 19.4 Å². The van der Waals surface area contributed by atoms with E-state index in [0.29, 0.717) is 13.0 Å². The van der Waals surface area contributed by atoms with Crippen molar-refractivity contribution in [3.63, 3.8) is 0 Å². The summed E-state index contributed by atoms with van der Waals surface area (Å²) in [7, 11) is 0. The molecule has 0 aromatic carbocycles. The summed E-state index contributed by atoms with van der Waals surface area (Å²) in [6, 6.07) is -0.195. The number of rotatable bonds is 4. The molecular formula is C8H15N3O2. The van der Waals surface area contributed by atoms with Crippen molar-refractivity contribution in [2.75, 3.05) is 13.1 Å². The van der Waals surface area contributed by atoms with Crippen LogP contribution in [0.5, 0.6) is 0 Å². The zero-order chi connectivity index (χ0) is 9.84. The zero-order valence-corrected chi connectivity index (χ0v) is 7.53. The topological polar surface area (TPSA) is 89.4 Å². The van der Waals surface area contributed by atoms with Gasteiger partial charge in [0.25, 0.3) is 0 Å². The van der Waals surface area contributed by atoms with Gasteiger partial charge in [0.05, 0.1) is 6.04 Å². The molecule has 5 heteroatoms. The summed E-state index contributed by atoms with van der Waals surface area (Å²) in [6.07, 6.45) is 2.06. The molecule has 1 aliphatic heterocycles. The van der Waals surface area contributed by atoms with Crippen LogP contribution in [0.3, 0.4) is 0 Å². The molecule has 1 heterocycles. The Hall–Kier alpha value is -1.10. The molecule has 0 bridgehead atoms. The van der Waals surface area contributed by atoms with Gasteiger partial charge in [0.2, 0.25) is 11.8 Å². The molecule has 0 aliphatic carbocycles. The van der Waals surface area contributed by atoms with Crippen molar-refractivity contribution < 1.29 is 9.59 Å². The molecule has 74 valence electrons. The second-order valence-electron chi connectivity index (χ2n) is 3.31. The first-order valence-corrected chi connectivity index (χ1v) is 4.43. The van der Waals surface area contributed by atoms with Crippen LogP contribution in [0.4, 0.5) is 0 Å². The largest absolute Gasteiger partial charge is 0.370 e. The Kier molecular flexibility index (Phi) is 3.25. The normalized spacial score (nSPS) is 23.2. The summed E-state index contributed by atoms with van der Waals surface area (Å²) in [5.74, 6) is -0.642. The van der Waals surface area contributed by atoms with Gasteiger partial charge in [0.15, 0.2) is 0 Å². The van der Waals surface area contributed by atoms with Crippen LogP contribution in [0.1, 0.15) is 19.3 Å². The lowest BCUT2D eigenvalue weighted by molar-refractivity contribution is -0.123. The molecule has 0 unspecified atom stereocenters. The van der Waals surface area contributed by atoms with Crippen LogP contribution in [0.25, 0.3) is 0 Å². The monoisotopic (exact) mass is 185 g/mol. The van der Waals surface area contributed by atoms with E-state index in [-0.39, 0.29) is 17.9 Å². The fourth-order valence-corrected chi connectivity index (χ4v) is 1.67. The third-order valence-corrected chi connectivity index (χ3v) is 2.34. The average Bonchev–Trinajstić information content (AvgIpc) is 2.47. The van der Waals surface area contributed by atoms with Gasteiger partial charge >= 0.3 is 0 Å². The van der Waals surface area contributed by atoms with Crippen molar-refractivity contribution in [3.05, 3.63) is 0 Å². The summed E-state index contributed by atoms with van der Waals surface area (Å²) in [5.41, 5.74) is 10.2. The molecule has 0 aromatic heterocycles. The van der Waals surface area contributed by atoms with Crippen LogP contribution in [0.2, 0.25) is 0 Å². The van der Waals surface area contributed by atoms with Gasteiger partial charge in [-0.25, -0.2) is 0 Å². The molecule has 0 aromatic rings. The van der Waals surface area contributed by atoms with E-state index in [4.69, 9.17) is 11.5 Å². The molecule has 1 rings (SSSR count). The summed E-state index contributed by atoms with van der Waals surface area (Å²) in [6.45, 7) is 1.38. The lowest BCUT2D eigenvalue weighted by atomic mass is 10.2. The Bertz CT molecular complexity index is 217. The van der Waals surface area contributed by atoms with Gasteiger partial charge in [-0.05, 0) is 19.4 Å². The summed E-state index contributed by atoms with van der Waals surface area (Å²) >= 11 is 0. The van der Waals surface area contributed by atoms with Crippen molar-refractivity contribution in [3.8, 4) is 0 Å². The van der Waals surface area contributed by atoms with Gasteiger partial charge in [0, 0.05) is 13.0 Å². The number of carbonyl (C=O) groups is 2. The molecule has 0 saturated carbocycles. The highest BCUT2D eigenvalue weighted by molar-refractivity contribution is 5.80. The molecule has 1 aliphatic rings. The first-order valence-electron chi connectivity index (χ1n) is 4.43. The third kappa shape index (κ3) is 2.69. The Morgan fingerprint density at radius 3 is 2.62 bits per heavy atom. The molecule has 1 atom stereocenters. The highest BCUT2D eigenvalue weighted by atomic mass is 16.1. The van der Waals surface area contributed by atoms with E-state index in [9.17, 15) is 9.59 Å². The van der Waals surface area contributed by atoms with E-state index >= 15 is 0 Å². The van der Waals surface area contributed by atoms with Gasteiger partial charge in [0.1, 0.15) is 0 Å². The average molecular weight is 185 g/mol. The molecule has 13 heavy (non-hydrogen) atoms. The van der Waals surface area contributed by atoms with Crippen LogP contribution in [0, 0.1) is 0 Å². The molecule has 4 N–H and O–H groups in total. The molecule has 1 saturated heterocycles. The van der Waals surface area contributed by atoms with Crippen LogP contribution in [0.15, 0.2) is 0 Å². The first-order chi connectivity index (χ1) is 6.11. The fraction of sp³-hybridized carbons (Fsp3) is 0.750.